The fourth-order valence-corrected chi connectivity index (χ4v) is 12.7. The highest BCUT2D eigenvalue weighted by atomic mass is 32.1. The van der Waals surface area contributed by atoms with Crippen molar-refractivity contribution >= 4 is 12.6 Å². The fourth-order valence-electron chi connectivity index (χ4n) is 12.5. The van der Waals surface area contributed by atoms with E-state index in [1.807, 2.05) is 24.3 Å². The van der Waals surface area contributed by atoms with Crippen LogP contribution in [0, 0.1) is 54.3 Å². The van der Waals surface area contributed by atoms with Crippen molar-refractivity contribution in [3.05, 3.63) is 29.8 Å². The van der Waals surface area contributed by atoms with E-state index in [1.54, 1.807) is 0 Å². The molecule has 0 spiro atoms. The van der Waals surface area contributed by atoms with Gasteiger partial charge in [0.25, 0.3) is 0 Å². The van der Waals surface area contributed by atoms with Gasteiger partial charge in [0.05, 0.1) is 49.3 Å². The minimum Gasteiger partial charge on any atom is -0.286 e. The van der Waals surface area contributed by atoms with E-state index in [0.717, 1.165) is 52.2 Å². The van der Waals surface area contributed by atoms with Crippen LogP contribution >= 0.6 is 12.6 Å². The number of nitrogens with one attached hydrogen (secondary N) is 8. The van der Waals surface area contributed by atoms with Crippen LogP contribution in [0.4, 0.5) is 0 Å². The molecule has 5 aliphatic heterocycles. The van der Waals surface area contributed by atoms with Crippen LogP contribution in [-0.4, -0.2) is 49.3 Å². The topological polar surface area (TPSA) is 96.2 Å². The van der Waals surface area contributed by atoms with E-state index in [4.69, 9.17) is 0 Å². The molecule has 0 aromatic heterocycles. The standard InChI is InChI=1S/C32H56N8.C7H8S/c1-2-10-18-17(9-1)25-33-26(18)38-28-21-13-5-6-14-22(21)30(35-28)40-32-24-16-8-7-15-23(24)31(36-32)39-29-20-12-4-3-11-19(20)27(34-29)37-25;1-6-2-4-7(8)5-3-6/h17-40H,1-16H2;2-5,8H,1H3. The molecule has 5 heterocycles. The zero-order valence-electron chi connectivity index (χ0n) is 29.3. The number of hydrogen-bond donors (Lipinski definition) is 9. The highest BCUT2D eigenvalue weighted by molar-refractivity contribution is 7.80. The first kappa shape index (κ1) is 33.1. The molecule has 1 aromatic carbocycles. The van der Waals surface area contributed by atoms with Crippen LogP contribution in [0.1, 0.15) is 108 Å². The number of aryl methyl sites for hydroxylation is 1. The molecule has 8 unspecified atom stereocenters. The quantitative estimate of drug-likeness (QED) is 0.180. The van der Waals surface area contributed by atoms with E-state index in [0.29, 0.717) is 49.3 Å². The summed E-state index contributed by atoms with van der Waals surface area (Å²) in [7, 11) is 0. The second-order valence-corrected chi connectivity index (χ2v) is 18.0. The zero-order chi connectivity index (χ0) is 32.2. The van der Waals surface area contributed by atoms with Gasteiger partial charge in [0.15, 0.2) is 0 Å². The minimum atomic E-state index is 0.420. The molecule has 8 atom stereocenters. The van der Waals surface area contributed by atoms with Crippen molar-refractivity contribution in [1.82, 2.24) is 42.5 Å². The first-order chi connectivity index (χ1) is 23.6. The molecular weight excluding hydrogens is 613 g/mol. The van der Waals surface area contributed by atoms with Gasteiger partial charge in [-0.3, -0.25) is 42.5 Å². The SMILES string of the molecule is C1CCC2C3NC(NC4NC(NC5NC(NC6NC(N3)C3CCCCC63)C3CCCCC53)C3CCCCC43)C2C1.Cc1ccc(S)cc1. The van der Waals surface area contributed by atoms with Gasteiger partial charge in [0.1, 0.15) is 0 Å². The second-order valence-electron chi connectivity index (χ2n) is 17.4. The molecule has 9 heteroatoms. The van der Waals surface area contributed by atoms with Crippen molar-refractivity contribution in [3.63, 3.8) is 0 Å². The van der Waals surface area contributed by atoms with Crippen molar-refractivity contribution in [3.8, 4) is 0 Å². The summed E-state index contributed by atoms with van der Waals surface area (Å²) in [6.07, 6.45) is 25.6. The third-order valence-electron chi connectivity index (χ3n) is 14.8. The van der Waals surface area contributed by atoms with Crippen molar-refractivity contribution in [2.75, 3.05) is 0 Å². The Morgan fingerprint density at radius 2 is 0.542 bits per heavy atom. The van der Waals surface area contributed by atoms with Gasteiger partial charge in [-0.1, -0.05) is 69.1 Å². The summed E-state index contributed by atoms with van der Waals surface area (Å²) in [6.45, 7) is 2.06. The van der Waals surface area contributed by atoms with Gasteiger partial charge in [0.2, 0.25) is 0 Å². The van der Waals surface area contributed by atoms with Gasteiger partial charge >= 0.3 is 0 Å². The first-order valence-electron chi connectivity index (χ1n) is 20.4. The van der Waals surface area contributed by atoms with Gasteiger partial charge in [0, 0.05) is 4.90 Å². The average molecular weight is 677 g/mol. The monoisotopic (exact) mass is 676 g/mol. The summed E-state index contributed by atoms with van der Waals surface area (Å²) in [6, 6.07) is 8.06. The minimum absolute atomic E-state index is 0.420. The summed E-state index contributed by atoms with van der Waals surface area (Å²) in [5.74, 6) is 5.97. The molecule has 8 nitrogen and oxygen atoms in total. The lowest BCUT2D eigenvalue weighted by Crippen LogP contribution is -2.61. The van der Waals surface area contributed by atoms with Crippen molar-refractivity contribution < 1.29 is 0 Å². The third-order valence-corrected chi connectivity index (χ3v) is 15.1. The zero-order valence-corrected chi connectivity index (χ0v) is 30.2. The molecule has 8 bridgehead atoms. The van der Waals surface area contributed by atoms with E-state index in [9.17, 15) is 0 Å². The average Bonchev–Trinajstić information content (AvgIpc) is 3.86. The van der Waals surface area contributed by atoms with Crippen molar-refractivity contribution in [1.29, 1.82) is 0 Å². The summed E-state index contributed by atoms with van der Waals surface area (Å²) >= 11 is 4.13. The highest BCUT2D eigenvalue weighted by Crippen LogP contribution is 2.45. The number of thiol groups is 1. The summed E-state index contributed by atoms with van der Waals surface area (Å²) < 4.78 is 0. The maximum atomic E-state index is 4.26. The molecule has 0 radical (unpaired) electrons. The van der Waals surface area contributed by atoms with Gasteiger partial charge < -0.3 is 0 Å². The molecule has 4 aliphatic carbocycles. The van der Waals surface area contributed by atoms with E-state index in [2.05, 4.69) is 62.1 Å². The Kier molecular flexibility index (Phi) is 9.90. The van der Waals surface area contributed by atoms with Crippen LogP contribution in [0.3, 0.4) is 0 Å². The molecule has 8 N–H and O–H groups in total. The lowest BCUT2D eigenvalue weighted by Gasteiger charge is -2.35. The molecule has 10 rings (SSSR count). The summed E-state index contributed by atoms with van der Waals surface area (Å²) in [5, 5.41) is 33.8. The van der Waals surface area contributed by atoms with Gasteiger partial charge in [-0.05, 0) is 118 Å². The molecule has 5 saturated heterocycles. The highest BCUT2D eigenvalue weighted by Gasteiger charge is 2.54. The predicted octanol–water partition coefficient (Wildman–Crippen LogP) is 4.89. The Bertz CT molecular complexity index is 1000. The Hall–Kier alpha value is -0.750. The van der Waals surface area contributed by atoms with Crippen LogP contribution in [-0.2, 0) is 0 Å². The molecule has 1 aromatic rings. The molecule has 9 aliphatic rings. The van der Waals surface area contributed by atoms with Crippen LogP contribution in [0.5, 0.6) is 0 Å². The fraction of sp³-hybridized carbons (Fsp3) is 0.846. The predicted molar refractivity (Wildman–Crippen MR) is 196 cm³/mol. The van der Waals surface area contributed by atoms with Crippen molar-refractivity contribution in [2.24, 2.45) is 47.3 Å². The third kappa shape index (κ3) is 6.44. The lowest BCUT2D eigenvalue weighted by molar-refractivity contribution is 0.167. The largest absolute Gasteiger partial charge is 0.286 e. The van der Waals surface area contributed by atoms with E-state index >= 15 is 0 Å². The molecule has 4 saturated carbocycles. The van der Waals surface area contributed by atoms with E-state index < -0.39 is 0 Å². The maximum absolute atomic E-state index is 4.26. The Labute approximate surface area is 295 Å². The van der Waals surface area contributed by atoms with Gasteiger partial charge in [-0.15, -0.1) is 12.6 Å². The molecule has 48 heavy (non-hydrogen) atoms. The van der Waals surface area contributed by atoms with Gasteiger partial charge in [-0.2, -0.15) is 0 Å². The Morgan fingerprint density at radius 1 is 0.354 bits per heavy atom. The molecule has 266 valence electrons. The van der Waals surface area contributed by atoms with Crippen LogP contribution in [0.15, 0.2) is 29.2 Å². The summed E-state index contributed by atoms with van der Waals surface area (Å²) in [5.41, 5.74) is 1.28. The van der Waals surface area contributed by atoms with Gasteiger partial charge in [-0.25, -0.2) is 0 Å². The lowest BCUT2D eigenvalue weighted by atomic mass is 9.76. The number of rotatable bonds is 0. The van der Waals surface area contributed by atoms with Crippen LogP contribution in [0.25, 0.3) is 0 Å². The van der Waals surface area contributed by atoms with Crippen LogP contribution < -0.4 is 42.5 Å². The number of hydrogen-bond acceptors (Lipinski definition) is 9. The Balaban J connectivity index is 0.000000347. The summed E-state index contributed by atoms with van der Waals surface area (Å²) in [4.78, 5) is 1.02. The molecular formula is C39H64N8S. The normalized spacial score (nSPS) is 49.5. The van der Waals surface area contributed by atoms with E-state index in [-0.39, 0.29) is 0 Å². The van der Waals surface area contributed by atoms with Crippen molar-refractivity contribution in [2.45, 2.75) is 164 Å². The molecule has 0 amide bonds. The maximum Gasteiger partial charge on any atom is 0.0628 e. The number of benzene rings is 1. The van der Waals surface area contributed by atoms with E-state index in [1.165, 1.54) is 108 Å². The number of fused-ring (bicyclic) bond motifs is 20. The smallest absolute Gasteiger partial charge is 0.0628 e. The Morgan fingerprint density at radius 3 is 0.708 bits per heavy atom. The second kappa shape index (κ2) is 14.3. The van der Waals surface area contributed by atoms with Crippen LogP contribution in [0.2, 0.25) is 0 Å². The first-order valence-corrected chi connectivity index (χ1v) is 20.9. The molecule has 9 fully saturated rings.